The number of nitrogens with zero attached hydrogens (tertiary/aromatic N) is 2. The predicted octanol–water partition coefficient (Wildman–Crippen LogP) is 2.98. The van der Waals surface area contributed by atoms with E-state index in [2.05, 4.69) is 41.4 Å². The van der Waals surface area contributed by atoms with Gasteiger partial charge in [-0.3, -0.25) is 4.99 Å². The summed E-state index contributed by atoms with van der Waals surface area (Å²) in [6, 6.07) is 0.461. The van der Waals surface area contributed by atoms with Crippen LogP contribution in [0, 0.1) is 0 Å². The Kier molecular flexibility index (Phi) is 8.66. The summed E-state index contributed by atoms with van der Waals surface area (Å²) in [7, 11) is 0. The molecule has 6 heteroatoms. The third kappa shape index (κ3) is 7.42. The Bertz CT molecular complexity index is 352. The van der Waals surface area contributed by atoms with Gasteiger partial charge in [-0.1, -0.05) is 18.7 Å². The summed E-state index contributed by atoms with van der Waals surface area (Å²) in [6.07, 6.45) is 4.02. The molecule has 19 heavy (non-hydrogen) atoms. The average molecular weight is 300 g/mol. The van der Waals surface area contributed by atoms with Crippen LogP contribution in [0.4, 0.5) is 0 Å². The van der Waals surface area contributed by atoms with Crippen LogP contribution in [-0.4, -0.2) is 35.8 Å². The summed E-state index contributed by atoms with van der Waals surface area (Å²) < 4.78 is 1.15. The van der Waals surface area contributed by atoms with Gasteiger partial charge in [0, 0.05) is 36.5 Å². The van der Waals surface area contributed by atoms with Gasteiger partial charge in [0.1, 0.15) is 4.34 Å². The Morgan fingerprint density at radius 3 is 3.00 bits per heavy atom. The van der Waals surface area contributed by atoms with E-state index in [1.54, 1.807) is 11.3 Å². The normalized spacial score (nSPS) is 13.3. The smallest absolute Gasteiger partial charge is 0.191 e. The van der Waals surface area contributed by atoms with Crippen molar-refractivity contribution in [3.05, 3.63) is 11.6 Å². The minimum Gasteiger partial charge on any atom is -0.357 e. The van der Waals surface area contributed by atoms with Gasteiger partial charge >= 0.3 is 0 Å². The first-order valence-electron chi connectivity index (χ1n) is 6.83. The molecule has 0 saturated carbocycles. The third-order valence-corrected chi connectivity index (χ3v) is 4.60. The molecule has 0 aliphatic heterocycles. The standard InChI is InChI=1S/C13H24N4S2/c1-4-11(3)17-12(14-5-2)15-7-6-9-18-13-16-8-10-19-13/h8,10-11H,4-7,9H2,1-3H3,(H2,14,15,17). The fraction of sp³-hybridized carbons (Fsp3) is 0.692. The number of guanidine groups is 1. The topological polar surface area (TPSA) is 49.3 Å². The van der Waals surface area contributed by atoms with Gasteiger partial charge in [0.15, 0.2) is 5.96 Å². The molecule has 0 bridgehead atoms. The highest BCUT2D eigenvalue weighted by molar-refractivity contribution is 8.00. The first-order chi connectivity index (χ1) is 9.26. The zero-order valence-electron chi connectivity index (χ0n) is 12.0. The lowest BCUT2D eigenvalue weighted by Crippen LogP contribution is -2.42. The number of nitrogens with one attached hydrogen (secondary N) is 2. The molecule has 4 nitrogen and oxygen atoms in total. The average Bonchev–Trinajstić information content (AvgIpc) is 2.91. The van der Waals surface area contributed by atoms with E-state index in [0.717, 1.165) is 42.0 Å². The van der Waals surface area contributed by atoms with Gasteiger partial charge < -0.3 is 10.6 Å². The van der Waals surface area contributed by atoms with E-state index in [-0.39, 0.29) is 0 Å². The molecule has 108 valence electrons. The van der Waals surface area contributed by atoms with E-state index < -0.39 is 0 Å². The second-order valence-corrected chi connectivity index (χ2v) is 6.45. The molecule has 0 saturated heterocycles. The van der Waals surface area contributed by atoms with Crippen LogP contribution in [0.5, 0.6) is 0 Å². The predicted molar refractivity (Wildman–Crippen MR) is 86.3 cm³/mol. The van der Waals surface area contributed by atoms with E-state index in [1.165, 1.54) is 0 Å². The molecule has 1 atom stereocenters. The van der Waals surface area contributed by atoms with E-state index in [1.807, 2.05) is 23.3 Å². The maximum atomic E-state index is 4.58. The SMILES string of the molecule is CCNC(=NCCCSc1nccs1)NC(C)CC. The highest BCUT2D eigenvalue weighted by Gasteiger charge is 2.02. The van der Waals surface area contributed by atoms with Gasteiger partial charge in [-0.05, 0) is 26.7 Å². The van der Waals surface area contributed by atoms with Crippen LogP contribution < -0.4 is 10.6 Å². The van der Waals surface area contributed by atoms with Crippen LogP contribution >= 0.6 is 23.1 Å². The molecule has 0 aromatic carbocycles. The first kappa shape index (κ1) is 16.3. The third-order valence-electron chi connectivity index (χ3n) is 2.55. The van der Waals surface area contributed by atoms with Crippen molar-refractivity contribution in [1.29, 1.82) is 0 Å². The lowest BCUT2D eigenvalue weighted by Gasteiger charge is -2.16. The number of thiazole rings is 1. The molecule has 1 aromatic heterocycles. The monoisotopic (exact) mass is 300 g/mol. The summed E-state index contributed by atoms with van der Waals surface area (Å²) in [5, 5.41) is 8.68. The maximum absolute atomic E-state index is 4.58. The lowest BCUT2D eigenvalue weighted by molar-refractivity contribution is 0.624. The minimum atomic E-state index is 0.461. The Hall–Kier alpha value is -0.750. The van der Waals surface area contributed by atoms with Gasteiger partial charge in [-0.25, -0.2) is 4.98 Å². The van der Waals surface area contributed by atoms with Gasteiger partial charge in [0.05, 0.1) is 0 Å². The number of thioether (sulfide) groups is 1. The van der Waals surface area contributed by atoms with E-state index in [9.17, 15) is 0 Å². The molecule has 0 radical (unpaired) electrons. The summed E-state index contributed by atoms with van der Waals surface area (Å²) >= 11 is 3.51. The fourth-order valence-corrected chi connectivity index (χ4v) is 2.98. The van der Waals surface area contributed by atoms with Crippen molar-refractivity contribution in [3.8, 4) is 0 Å². The van der Waals surface area contributed by atoms with E-state index in [0.29, 0.717) is 6.04 Å². The molecule has 1 heterocycles. The van der Waals surface area contributed by atoms with Crippen molar-refractivity contribution in [1.82, 2.24) is 15.6 Å². The summed E-state index contributed by atoms with van der Waals surface area (Å²) in [6.45, 7) is 8.18. The minimum absolute atomic E-state index is 0.461. The van der Waals surface area contributed by atoms with Crippen LogP contribution in [0.2, 0.25) is 0 Å². The maximum Gasteiger partial charge on any atom is 0.191 e. The number of aromatic nitrogens is 1. The Morgan fingerprint density at radius 2 is 2.37 bits per heavy atom. The van der Waals surface area contributed by atoms with Crippen LogP contribution in [0.3, 0.4) is 0 Å². The molecule has 0 aliphatic rings. The van der Waals surface area contributed by atoms with Crippen molar-refractivity contribution in [2.75, 3.05) is 18.8 Å². The lowest BCUT2D eigenvalue weighted by atomic mass is 10.3. The van der Waals surface area contributed by atoms with Crippen LogP contribution in [0.25, 0.3) is 0 Å². The number of hydrogen-bond donors (Lipinski definition) is 2. The number of hydrogen-bond acceptors (Lipinski definition) is 4. The molecule has 2 N–H and O–H groups in total. The van der Waals surface area contributed by atoms with Crippen molar-refractivity contribution in [2.24, 2.45) is 4.99 Å². The molecular formula is C13H24N4S2. The quantitative estimate of drug-likeness (QED) is 0.335. The summed E-state index contributed by atoms with van der Waals surface area (Å²) in [5.74, 6) is 2.00. The second-order valence-electron chi connectivity index (χ2n) is 4.21. The highest BCUT2D eigenvalue weighted by Crippen LogP contribution is 2.20. The molecule has 0 spiro atoms. The molecule has 1 aromatic rings. The summed E-state index contributed by atoms with van der Waals surface area (Å²) in [5.41, 5.74) is 0. The zero-order valence-corrected chi connectivity index (χ0v) is 13.6. The van der Waals surface area contributed by atoms with Crippen molar-refractivity contribution in [3.63, 3.8) is 0 Å². The largest absolute Gasteiger partial charge is 0.357 e. The Balaban J connectivity index is 2.22. The molecule has 0 aliphatic carbocycles. The Morgan fingerprint density at radius 1 is 1.53 bits per heavy atom. The van der Waals surface area contributed by atoms with Crippen LogP contribution in [-0.2, 0) is 0 Å². The molecule has 1 unspecified atom stereocenters. The Labute approximate surface area is 124 Å². The van der Waals surface area contributed by atoms with Crippen molar-refractivity contribution in [2.45, 2.75) is 44.0 Å². The molecule has 0 amide bonds. The van der Waals surface area contributed by atoms with Crippen molar-refractivity contribution >= 4 is 29.1 Å². The van der Waals surface area contributed by atoms with Gasteiger partial charge in [0.25, 0.3) is 0 Å². The first-order valence-corrected chi connectivity index (χ1v) is 8.69. The number of aliphatic imine (C=N–C) groups is 1. The molecule has 1 rings (SSSR count). The second kappa shape index (κ2) is 10.1. The zero-order chi connectivity index (χ0) is 13.9. The fourth-order valence-electron chi connectivity index (χ4n) is 1.35. The van der Waals surface area contributed by atoms with Gasteiger partial charge in [-0.15, -0.1) is 11.3 Å². The highest BCUT2D eigenvalue weighted by atomic mass is 32.2. The number of rotatable bonds is 8. The molecular weight excluding hydrogens is 276 g/mol. The van der Waals surface area contributed by atoms with E-state index >= 15 is 0 Å². The summed E-state index contributed by atoms with van der Waals surface area (Å²) in [4.78, 5) is 8.83. The van der Waals surface area contributed by atoms with Crippen molar-refractivity contribution < 1.29 is 0 Å². The van der Waals surface area contributed by atoms with Crippen LogP contribution in [0.1, 0.15) is 33.6 Å². The van der Waals surface area contributed by atoms with Crippen LogP contribution in [0.15, 0.2) is 20.9 Å². The molecule has 0 fully saturated rings. The van der Waals surface area contributed by atoms with Gasteiger partial charge in [-0.2, -0.15) is 0 Å². The van der Waals surface area contributed by atoms with Gasteiger partial charge in [0.2, 0.25) is 0 Å². The van der Waals surface area contributed by atoms with E-state index in [4.69, 9.17) is 0 Å².